The number of alkyl halides is 3. The maximum atomic E-state index is 12.6. The first kappa shape index (κ1) is 23.7. The van der Waals surface area contributed by atoms with E-state index in [0.29, 0.717) is 36.7 Å². The highest BCUT2D eigenvalue weighted by molar-refractivity contribution is 14.0. The molecule has 2 aromatic carbocycles. The van der Waals surface area contributed by atoms with Gasteiger partial charge in [0.15, 0.2) is 5.96 Å². The van der Waals surface area contributed by atoms with Crippen molar-refractivity contribution in [2.24, 2.45) is 10.7 Å². The number of nitrogens with one attached hydrogen (secondary N) is 2. The lowest BCUT2D eigenvalue weighted by Crippen LogP contribution is -2.36. The van der Waals surface area contributed by atoms with Crippen LogP contribution in [-0.2, 0) is 19.3 Å². The lowest BCUT2D eigenvalue weighted by molar-refractivity contribution is -0.137. The zero-order valence-corrected chi connectivity index (χ0v) is 17.5. The molecule has 0 heterocycles. The van der Waals surface area contributed by atoms with Crippen molar-refractivity contribution in [2.45, 2.75) is 26.2 Å². The highest BCUT2D eigenvalue weighted by Crippen LogP contribution is 2.29. The van der Waals surface area contributed by atoms with Crippen molar-refractivity contribution in [1.82, 2.24) is 10.6 Å². The van der Waals surface area contributed by atoms with E-state index in [9.17, 15) is 18.0 Å². The Kier molecular flexibility index (Phi) is 9.23. The van der Waals surface area contributed by atoms with Gasteiger partial charge < -0.3 is 16.4 Å². The fourth-order valence-electron chi connectivity index (χ4n) is 2.33. The number of benzene rings is 2. The number of primary amides is 1. The quantitative estimate of drug-likeness (QED) is 0.318. The van der Waals surface area contributed by atoms with Crippen molar-refractivity contribution in [3.05, 3.63) is 70.8 Å². The van der Waals surface area contributed by atoms with Crippen LogP contribution in [0.1, 0.15) is 34.0 Å². The van der Waals surface area contributed by atoms with Crippen molar-refractivity contribution >= 4 is 35.8 Å². The van der Waals surface area contributed by atoms with Crippen LogP contribution in [0.15, 0.2) is 53.5 Å². The predicted octanol–water partition coefficient (Wildman–Crippen LogP) is 3.68. The summed E-state index contributed by atoms with van der Waals surface area (Å²) in [7, 11) is 0. The second kappa shape index (κ2) is 10.9. The van der Waals surface area contributed by atoms with Crippen LogP contribution >= 0.6 is 24.0 Å². The van der Waals surface area contributed by atoms with Gasteiger partial charge in [-0.3, -0.25) is 4.79 Å². The number of nitrogens with two attached hydrogens (primary N) is 1. The highest BCUT2D eigenvalue weighted by Gasteiger charge is 2.29. The van der Waals surface area contributed by atoms with Crippen molar-refractivity contribution in [1.29, 1.82) is 0 Å². The molecule has 5 nitrogen and oxygen atoms in total. The fourth-order valence-corrected chi connectivity index (χ4v) is 2.33. The Bertz CT molecular complexity index is 808. The second-order valence-corrected chi connectivity index (χ2v) is 5.81. The summed E-state index contributed by atoms with van der Waals surface area (Å²) < 4.78 is 37.8. The van der Waals surface area contributed by atoms with Gasteiger partial charge in [0, 0.05) is 18.7 Å². The van der Waals surface area contributed by atoms with Crippen LogP contribution in [0.5, 0.6) is 0 Å². The topological polar surface area (TPSA) is 79.5 Å². The number of aliphatic imine (C=N–C) groups is 1. The van der Waals surface area contributed by atoms with Gasteiger partial charge in [0.05, 0.1) is 12.1 Å². The molecule has 0 aliphatic rings. The summed E-state index contributed by atoms with van der Waals surface area (Å²) in [4.78, 5) is 15.6. The van der Waals surface area contributed by atoms with Crippen LogP contribution in [-0.4, -0.2) is 18.4 Å². The fraction of sp³-hybridized carbons (Fsp3) is 0.263. The van der Waals surface area contributed by atoms with Gasteiger partial charge in [0.2, 0.25) is 5.91 Å². The molecule has 0 bridgehead atoms. The minimum absolute atomic E-state index is 0. The SMILES string of the molecule is CCNC(=NCc1cccc(C(N)=O)c1)NCc1ccc(C(F)(F)F)cc1.I. The summed E-state index contributed by atoms with van der Waals surface area (Å²) in [6, 6.07) is 11.8. The van der Waals surface area contributed by atoms with Crippen molar-refractivity contribution < 1.29 is 18.0 Å². The standard InChI is InChI=1S/C19H21F3N4O.HI/c1-2-24-18(26-12-14-4-3-5-15(10-14)17(23)27)25-11-13-6-8-16(9-7-13)19(20,21)22;/h3-10H,2,11-12H2,1H3,(H2,23,27)(H2,24,25,26);1H. The summed E-state index contributed by atoms with van der Waals surface area (Å²) in [5.74, 6) is 0.00930. The summed E-state index contributed by atoms with van der Waals surface area (Å²) in [6.07, 6.45) is -4.35. The van der Waals surface area contributed by atoms with Gasteiger partial charge in [-0.15, -0.1) is 24.0 Å². The molecule has 0 saturated heterocycles. The van der Waals surface area contributed by atoms with Gasteiger partial charge in [-0.1, -0.05) is 24.3 Å². The van der Waals surface area contributed by atoms with E-state index in [1.165, 1.54) is 12.1 Å². The predicted molar refractivity (Wildman–Crippen MR) is 113 cm³/mol. The molecule has 0 aromatic heterocycles. The number of halogens is 4. The summed E-state index contributed by atoms with van der Waals surface area (Å²) in [6.45, 7) is 3.18. The number of rotatable bonds is 6. The maximum Gasteiger partial charge on any atom is 0.416 e. The molecule has 28 heavy (non-hydrogen) atoms. The molecule has 0 saturated carbocycles. The molecule has 0 radical (unpaired) electrons. The number of guanidine groups is 1. The molecular formula is C19H22F3IN4O. The highest BCUT2D eigenvalue weighted by atomic mass is 127. The van der Waals surface area contributed by atoms with Crippen LogP contribution in [0.25, 0.3) is 0 Å². The first-order valence-electron chi connectivity index (χ1n) is 8.36. The van der Waals surface area contributed by atoms with Gasteiger partial charge in [0.1, 0.15) is 0 Å². The first-order chi connectivity index (χ1) is 12.8. The van der Waals surface area contributed by atoms with Crippen LogP contribution in [0.3, 0.4) is 0 Å². The van der Waals surface area contributed by atoms with Gasteiger partial charge in [-0.05, 0) is 42.3 Å². The molecule has 0 unspecified atom stereocenters. The molecule has 1 amide bonds. The Hall–Kier alpha value is -2.30. The number of hydrogen-bond donors (Lipinski definition) is 3. The van der Waals surface area contributed by atoms with Crippen molar-refractivity contribution in [3.8, 4) is 0 Å². The average Bonchev–Trinajstić information content (AvgIpc) is 2.64. The molecule has 2 aromatic rings. The van der Waals surface area contributed by atoms with Gasteiger partial charge in [-0.25, -0.2) is 4.99 Å². The summed E-state index contributed by atoms with van der Waals surface area (Å²) >= 11 is 0. The third-order valence-electron chi connectivity index (χ3n) is 3.72. The third-order valence-corrected chi connectivity index (χ3v) is 3.72. The Morgan fingerprint density at radius 1 is 1.07 bits per heavy atom. The zero-order valence-electron chi connectivity index (χ0n) is 15.2. The lowest BCUT2D eigenvalue weighted by atomic mass is 10.1. The number of amides is 1. The summed E-state index contributed by atoms with van der Waals surface area (Å²) in [5, 5.41) is 6.13. The smallest absolute Gasteiger partial charge is 0.366 e. The van der Waals surface area contributed by atoms with E-state index in [-0.39, 0.29) is 24.0 Å². The third kappa shape index (κ3) is 7.37. The molecule has 0 aliphatic heterocycles. The Balaban J connectivity index is 0.00000392. The molecule has 4 N–H and O–H groups in total. The molecule has 0 fully saturated rings. The van der Waals surface area contributed by atoms with E-state index in [2.05, 4.69) is 15.6 Å². The monoisotopic (exact) mass is 506 g/mol. The largest absolute Gasteiger partial charge is 0.416 e. The minimum Gasteiger partial charge on any atom is -0.366 e. The molecule has 152 valence electrons. The Morgan fingerprint density at radius 3 is 2.32 bits per heavy atom. The van der Waals surface area contributed by atoms with E-state index in [1.807, 2.05) is 13.0 Å². The van der Waals surface area contributed by atoms with Crippen LogP contribution in [0, 0.1) is 0 Å². The zero-order chi connectivity index (χ0) is 19.9. The molecule has 0 atom stereocenters. The Morgan fingerprint density at radius 2 is 1.75 bits per heavy atom. The molecule has 2 rings (SSSR count). The number of carbonyl (C=O) groups is 1. The lowest BCUT2D eigenvalue weighted by Gasteiger charge is -2.12. The van der Waals surface area contributed by atoms with Crippen LogP contribution in [0.4, 0.5) is 13.2 Å². The first-order valence-corrected chi connectivity index (χ1v) is 8.36. The van der Waals surface area contributed by atoms with E-state index in [4.69, 9.17) is 5.73 Å². The van der Waals surface area contributed by atoms with Gasteiger partial charge >= 0.3 is 6.18 Å². The van der Waals surface area contributed by atoms with Crippen LogP contribution in [0.2, 0.25) is 0 Å². The number of nitrogens with zero attached hydrogens (tertiary/aromatic N) is 1. The number of hydrogen-bond acceptors (Lipinski definition) is 2. The molecule has 0 aliphatic carbocycles. The second-order valence-electron chi connectivity index (χ2n) is 5.81. The van der Waals surface area contributed by atoms with E-state index >= 15 is 0 Å². The van der Waals surface area contributed by atoms with Crippen LogP contribution < -0.4 is 16.4 Å². The number of carbonyl (C=O) groups excluding carboxylic acids is 1. The van der Waals surface area contributed by atoms with Gasteiger partial charge in [0.25, 0.3) is 0 Å². The molecular weight excluding hydrogens is 484 g/mol. The van der Waals surface area contributed by atoms with E-state index in [1.54, 1.807) is 18.2 Å². The summed E-state index contributed by atoms with van der Waals surface area (Å²) in [5.41, 5.74) is 6.51. The van der Waals surface area contributed by atoms with Crippen molar-refractivity contribution in [3.63, 3.8) is 0 Å². The van der Waals surface area contributed by atoms with E-state index < -0.39 is 17.6 Å². The maximum absolute atomic E-state index is 12.6. The molecule has 0 spiro atoms. The minimum atomic E-state index is -4.35. The molecule has 9 heteroatoms. The Labute approximate surface area is 178 Å². The van der Waals surface area contributed by atoms with Crippen molar-refractivity contribution in [2.75, 3.05) is 6.54 Å². The normalized spacial score (nSPS) is 11.5. The van der Waals surface area contributed by atoms with E-state index in [0.717, 1.165) is 17.7 Å². The van der Waals surface area contributed by atoms with Gasteiger partial charge in [-0.2, -0.15) is 13.2 Å². The average molecular weight is 506 g/mol.